The Bertz CT molecular complexity index is 1150. The number of morpholine rings is 1. The largest absolute Gasteiger partial charge is 0.379 e. The summed E-state index contributed by atoms with van der Waals surface area (Å²) in [4.78, 5) is 30.8. The lowest BCUT2D eigenvalue weighted by Crippen LogP contribution is -2.44. The molecule has 162 valence electrons. The molecule has 1 aliphatic heterocycles. The van der Waals surface area contributed by atoms with Crippen molar-refractivity contribution in [2.24, 2.45) is 0 Å². The number of ether oxygens (including phenoxy) is 1. The molecule has 2 aromatic carbocycles. The monoisotopic (exact) mass is 438 g/mol. The smallest absolute Gasteiger partial charge is 0.262 e. The SMILES string of the molecule is O=C(CCn1c(=S)[nH]c2ccccc2c1=O)NCC(c1ccccc1)N1CCOCC1. The quantitative estimate of drug-likeness (QED) is 0.555. The van der Waals surface area contributed by atoms with Gasteiger partial charge in [-0.1, -0.05) is 42.5 Å². The predicted octanol–water partition coefficient (Wildman–Crippen LogP) is 2.64. The second-order valence-corrected chi connectivity index (χ2v) is 7.95. The van der Waals surface area contributed by atoms with Gasteiger partial charge in [-0.25, -0.2) is 0 Å². The van der Waals surface area contributed by atoms with Crippen LogP contribution in [-0.4, -0.2) is 53.2 Å². The van der Waals surface area contributed by atoms with Gasteiger partial charge in [0, 0.05) is 32.6 Å². The fourth-order valence-electron chi connectivity index (χ4n) is 3.94. The number of H-pyrrole nitrogens is 1. The molecular weight excluding hydrogens is 412 g/mol. The second-order valence-electron chi connectivity index (χ2n) is 7.56. The number of hydrogen-bond donors (Lipinski definition) is 2. The molecule has 8 heteroatoms. The number of aromatic nitrogens is 2. The van der Waals surface area contributed by atoms with Crippen molar-refractivity contribution in [2.75, 3.05) is 32.8 Å². The number of para-hydroxylation sites is 1. The van der Waals surface area contributed by atoms with E-state index >= 15 is 0 Å². The highest BCUT2D eigenvalue weighted by Crippen LogP contribution is 2.21. The van der Waals surface area contributed by atoms with Crippen LogP contribution in [0.3, 0.4) is 0 Å². The van der Waals surface area contributed by atoms with E-state index in [0.717, 1.165) is 18.7 Å². The van der Waals surface area contributed by atoms with Crippen molar-refractivity contribution in [3.8, 4) is 0 Å². The maximum atomic E-state index is 12.7. The standard InChI is InChI=1S/C23H26N4O3S/c28-21(10-11-27-22(29)18-8-4-5-9-19(18)25-23(27)31)24-16-20(17-6-2-1-3-7-17)26-12-14-30-15-13-26/h1-9,20H,10-16H2,(H,24,28)(H,25,31). The number of nitrogens with zero attached hydrogens (tertiary/aromatic N) is 2. The van der Waals surface area contributed by atoms with E-state index in [4.69, 9.17) is 17.0 Å². The fourth-order valence-corrected chi connectivity index (χ4v) is 4.22. The number of amides is 1. The van der Waals surface area contributed by atoms with E-state index in [1.807, 2.05) is 36.4 Å². The highest BCUT2D eigenvalue weighted by molar-refractivity contribution is 7.71. The van der Waals surface area contributed by atoms with Gasteiger partial charge in [-0.15, -0.1) is 0 Å². The molecule has 4 rings (SSSR count). The van der Waals surface area contributed by atoms with Gasteiger partial charge in [0.15, 0.2) is 4.77 Å². The summed E-state index contributed by atoms with van der Waals surface area (Å²) in [7, 11) is 0. The molecule has 1 atom stereocenters. The first-order valence-electron chi connectivity index (χ1n) is 10.5. The third-order valence-corrected chi connectivity index (χ3v) is 5.94. The number of fused-ring (bicyclic) bond motifs is 1. The predicted molar refractivity (Wildman–Crippen MR) is 123 cm³/mol. The van der Waals surface area contributed by atoms with Gasteiger partial charge in [-0.2, -0.15) is 0 Å². The van der Waals surface area contributed by atoms with E-state index in [0.29, 0.717) is 35.4 Å². The van der Waals surface area contributed by atoms with Crippen molar-refractivity contribution >= 4 is 29.0 Å². The molecule has 0 saturated carbocycles. The van der Waals surface area contributed by atoms with E-state index < -0.39 is 0 Å². The molecule has 3 aromatic rings. The summed E-state index contributed by atoms with van der Waals surface area (Å²) >= 11 is 5.33. The molecule has 1 amide bonds. The lowest BCUT2D eigenvalue weighted by molar-refractivity contribution is -0.121. The zero-order valence-electron chi connectivity index (χ0n) is 17.3. The summed E-state index contributed by atoms with van der Waals surface area (Å²) in [6.45, 7) is 3.79. The molecule has 31 heavy (non-hydrogen) atoms. The third-order valence-electron chi connectivity index (χ3n) is 5.62. The van der Waals surface area contributed by atoms with Gasteiger partial charge in [0.2, 0.25) is 5.91 Å². The van der Waals surface area contributed by atoms with Crippen molar-refractivity contribution in [3.05, 3.63) is 75.3 Å². The van der Waals surface area contributed by atoms with Crippen molar-refractivity contribution in [1.82, 2.24) is 19.8 Å². The van der Waals surface area contributed by atoms with Crippen molar-refractivity contribution in [3.63, 3.8) is 0 Å². The number of carbonyl (C=O) groups is 1. The summed E-state index contributed by atoms with van der Waals surface area (Å²) in [5.41, 5.74) is 1.69. The van der Waals surface area contributed by atoms with Crippen molar-refractivity contribution in [1.29, 1.82) is 0 Å². The van der Waals surface area contributed by atoms with Gasteiger partial charge in [-0.05, 0) is 29.9 Å². The highest BCUT2D eigenvalue weighted by atomic mass is 32.1. The van der Waals surface area contributed by atoms with Gasteiger partial charge < -0.3 is 15.0 Å². The summed E-state index contributed by atoms with van der Waals surface area (Å²) in [5.74, 6) is -0.108. The lowest BCUT2D eigenvalue weighted by atomic mass is 10.0. The maximum absolute atomic E-state index is 12.7. The molecule has 1 unspecified atom stereocenters. The van der Waals surface area contributed by atoms with Gasteiger partial charge in [0.05, 0.1) is 30.2 Å². The minimum absolute atomic E-state index is 0.0836. The molecule has 0 radical (unpaired) electrons. The Kier molecular flexibility index (Phi) is 6.91. The van der Waals surface area contributed by atoms with Crippen LogP contribution in [0.5, 0.6) is 0 Å². The van der Waals surface area contributed by atoms with Gasteiger partial charge >= 0.3 is 0 Å². The summed E-state index contributed by atoms with van der Waals surface area (Å²) < 4.78 is 7.26. The summed E-state index contributed by atoms with van der Waals surface area (Å²) in [5, 5.41) is 3.61. The molecule has 0 spiro atoms. The average molecular weight is 439 g/mol. The molecular formula is C23H26N4O3S. The maximum Gasteiger partial charge on any atom is 0.262 e. The minimum atomic E-state index is -0.178. The van der Waals surface area contributed by atoms with E-state index in [2.05, 4.69) is 27.3 Å². The van der Waals surface area contributed by atoms with E-state index in [1.165, 1.54) is 4.57 Å². The van der Waals surface area contributed by atoms with E-state index in [1.54, 1.807) is 6.07 Å². The topological polar surface area (TPSA) is 79.4 Å². The van der Waals surface area contributed by atoms with Crippen LogP contribution in [0.1, 0.15) is 18.0 Å². The van der Waals surface area contributed by atoms with Crippen LogP contribution in [0.15, 0.2) is 59.4 Å². The highest BCUT2D eigenvalue weighted by Gasteiger charge is 2.23. The molecule has 1 aliphatic rings. The van der Waals surface area contributed by atoms with Gasteiger partial charge in [0.25, 0.3) is 5.56 Å². The molecule has 7 nitrogen and oxygen atoms in total. The first kappa shape index (κ1) is 21.4. The summed E-state index contributed by atoms with van der Waals surface area (Å²) in [6.07, 6.45) is 0.181. The van der Waals surface area contributed by atoms with Gasteiger partial charge in [-0.3, -0.25) is 19.1 Å². The molecule has 2 heterocycles. The van der Waals surface area contributed by atoms with Crippen LogP contribution in [0.4, 0.5) is 0 Å². The van der Waals surface area contributed by atoms with Crippen LogP contribution in [0.2, 0.25) is 0 Å². The third kappa shape index (κ3) is 5.10. The zero-order valence-corrected chi connectivity index (χ0v) is 18.1. The van der Waals surface area contributed by atoms with Crippen LogP contribution < -0.4 is 10.9 Å². The number of rotatable bonds is 7. The Morgan fingerprint density at radius 3 is 2.58 bits per heavy atom. The molecule has 1 aromatic heterocycles. The number of hydrogen-bond acceptors (Lipinski definition) is 5. The van der Waals surface area contributed by atoms with Crippen molar-refractivity contribution < 1.29 is 9.53 Å². The Labute approximate surface area is 185 Å². The lowest BCUT2D eigenvalue weighted by Gasteiger charge is -2.35. The molecule has 0 aliphatic carbocycles. The molecule has 1 fully saturated rings. The van der Waals surface area contributed by atoms with Crippen LogP contribution in [0, 0.1) is 4.77 Å². The van der Waals surface area contributed by atoms with E-state index in [9.17, 15) is 9.59 Å². The normalized spacial score (nSPS) is 15.6. The zero-order chi connectivity index (χ0) is 21.6. The first-order valence-corrected chi connectivity index (χ1v) is 10.9. The fraction of sp³-hybridized carbons (Fsp3) is 0.348. The van der Waals surface area contributed by atoms with Crippen LogP contribution >= 0.6 is 12.2 Å². The Morgan fingerprint density at radius 2 is 1.81 bits per heavy atom. The van der Waals surface area contributed by atoms with Crippen molar-refractivity contribution in [2.45, 2.75) is 19.0 Å². The Hall–Kier alpha value is -2.81. The van der Waals surface area contributed by atoms with Crippen LogP contribution in [0.25, 0.3) is 10.9 Å². The molecule has 0 bridgehead atoms. The van der Waals surface area contributed by atoms with E-state index in [-0.39, 0.29) is 30.5 Å². The number of benzene rings is 2. The Morgan fingerprint density at radius 1 is 1.10 bits per heavy atom. The molecule has 2 N–H and O–H groups in total. The number of carbonyl (C=O) groups excluding carboxylic acids is 1. The average Bonchev–Trinajstić information content (AvgIpc) is 2.80. The summed E-state index contributed by atoms with van der Waals surface area (Å²) in [6, 6.07) is 17.5. The van der Waals surface area contributed by atoms with Gasteiger partial charge in [0.1, 0.15) is 0 Å². The first-order chi connectivity index (χ1) is 15.1. The minimum Gasteiger partial charge on any atom is -0.379 e. The Balaban J connectivity index is 1.42. The molecule has 1 saturated heterocycles. The number of nitrogens with one attached hydrogen (secondary N) is 2. The van der Waals surface area contributed by atoms with Crippen LogP contribution in [-0.2, 0) is 16.1 Å². The number of aromatic amines is 1. The second kappa shape index (κ2) is 10.00.